The molecule has 0 spiro atoms. The molecule has 1 aromatic heterocycles. The molecule has 1 N–H and O–H groups in total. The third kappa shape index (κ3) is 3.61. The van der Waals surface area contributed by atoms with Gasteiger partial charge < -0.3 is 5.32 Å². The van der Waals surface area contributed by atoms with Gasteiger partial charge in [0.25, 0.3) is 0 Å². The quantitative estimate of drug-likeness (QED) is 0.754. The van der Waals surface area contributed by atoms with Gasteiger partial charge in [-0.15, -0.1) is 0 Å². The fraction of sp³-hybridized carbons (Fsp3) is 0.333. The zero-order valence-corrected chi connectivity index (χ0v) is 14.6. The Morgan fingerprint density at radius 1 is 1.33 bits per heavy atom. The lowest BCUT2D eigenvalue weighted by molar-refractivity contribution is -0.142. The maximum atomic E-state index is 13.7. The normalized spacial score (nSPS) is 13.0. The van der Waals surface area contributed by atoms with Crippen LogP contribution in [0.25, 0.3) is 0 Å². The molecule has 1 atom stereocenters. The van der Waals surface area contributed by atoms with Crippen molar-refractivity contribution in [1.29, 1.82) is 0 Å². The fourth-order valence-corrected chi connectivity index (χ4v) is 2.63. The van der Waals surface area contributed by atoms with Crippen LogP contribution in [0.5, 0.6) is 0 Å². The predicted octanol–water partition coefficient (Wildman–Crippen LogP) is 4.62. The number of carbonyl (C=O) groups is 1. The summed E-state index contributed by atoms with van der Waals surface area (Å²) in [7, 11) is 0. The van der Waals surface area contributed by atoms with Crippen molar-refractivity contribution in [2.24, 2.45) is 0 Å². The number of benzene rings is 1. The van der Waals surface area contributed by atoms with E-state index in [2.05, 4.69) is 26.3 Å². The van der Waals surface area contributed by atoms with Crippen LogP contribution in [-0.2, 0) is 11.0 Å². The van der Waals surface area contributed by atoms with E-state index in [4.69, 9.17) is 0 Å². The Labute approximate surface area is 144 Å². The van der Waals surface area contributed by atoms with E-state index in [1.54, 1.807) is 13.0 Å². The summed E-state index contributed by atoms with van der Waals surface area (Å²) in [4.78, 5) is 12.3. The van der Waals surface area contributed by atoms with Crippen LogP contribution in [0.1, 0.15) is 29.9 Å². The van der Waals surface area contributed by atoms with Crippen LogP contribution in [-0.4, -0.2) is 15.7 Å². The Morgan fingerprint density at radius 2 is 1.96 bits per heavy atom. The Hall–Kier alpha value is -1.90. The van der Waals surface area contributed by atoms with E-state index in [-0.39, 0.29) is 15.9 Å². The fourth-order valence-electron chi connectivity index (χ4n) is 2.14. The highest BCUT2D eigenvalue weighted by Gasteiger charge is 2.39. The maximum absolute atomic E-state index is 13.7. The van der Waals surface area contributed by atoms with Crippen molar-refractivity contribution >= 4 is 27.5 Å². The summed E-state index contributed by atoms with van der Waals surface area (Å²) in [6.07, 6.45) is -4.65. The average molecular weight is 408 g/mol. The number of nitrogens with zero attached hydrogens (tertiary/aromatic N) is 2. The van der Waals surface area contributed by atoms with Gasteiger partial charge in [0.05, 0.1) is 15.9 Å². The van der Waals surface area contributed by atoms with Crippen LogP contribution in [0.3, 0.4) is 0 Å². The van der Waals surface area contributed by atoms with Crippen molar-refractivity contribution in [2.45, 2.75) is 33.0 Å². The topological polar surface area (TPSA) is 46.9 Å². The molecule has 130 valence electrons. The number of rotatable bonds is 3. The number of hydrogen-bond acceptors (Lipinski definition) is 2. The average Bonchev–Trinajstić information content (AvgIpc) is 2.78. The molecule has 1 unspecified atom stereocenters. The van der Waals surface area contributed by atoms with E-state index in [0.717, 1.165) is 10.2 Å². The highest BCUT2D eigenvalue weighted by atomic mass is 79.9. The minimum atomic E-state index is -4.65. The van der Waals surface area contributed by atoms with Gasteiger partial charge in [-0.25, -0.2) is 4.39 Å². The van der Waals surface area contributed by atoms with Gasteiger partial charge in [0, 0.05) is 0 Å². The molecule has 2 aromatic rings. The highest BCUT2D eigenvalue weighted by molar-refractivity contribution is 9.10. The molecule has 9 heteroatoms. The van der Waals surface area contributed by atoms with Crippen LogP contribution in [0.2, 0.25) is 0 Å². The van der Waals surface area contributed by atoms with E-state index < -0.39 is 29.6 Å². The molecule has 0 aliphatic rings. The molecule has 0 aliphatic heterocycles. The molecule has 0 saturated carbocycles. The monoisotopic (exact) mass is 407 g/mol. The number of amides is 1. The largest absolute Gasteiger partial charge is 0.436 e. The Balaban J connectivity index is 2.30. The zero-order valence-electron chi connectivity index (χ0n) is 13.0. The van der Waals surface area contributed by atoms with Gasteiger partial charge in [-0.3, -0.25) is 9.48 Å². The van der Waals surface area contributed by atoms with Crippen LogP contribution < -0.4 is 5.32 Å². The number of aryl methyl sites for hydroxylation is 1. The van der Waals surface area contributed by atoms with Crippen LogP contribution in [0, 0.1) is 19.7 Å². The number of hydrogen-bond donors (Lipinski definition) is 1. The van der Waals surface area contributed by atoms with Crippen molar-refractivity contribution < 1.29 is 22.4 Å². The number of nitrogens with one attached hydrogen (secondary N) is 1. The van der Waals surface area contributed by atoms with Crippen molar-refractivity contribution in [3.8, 4) is 0 Å². The van der Waals surface area contributed by atoms with E-state index in [1.807, 2.05) is 0 Å². The minimum absolute atomic E-state index is 0.0354. The van der Waals surface area contributed by atoms with E-state index in [1.165, 1.54) is 26.0 Å². The van der Waals surface area contributed by atoms with Crippen molar-refractivity contribution in [2.75, 3.05) is 5.32 Å². The predicted molar refractivity (Wildman–Crippen MR) is 84.1 cm³/mol. The van der Waals surface area contributed by atoms with Crippen molar-refractivity contribution in [1.82, 2.24) is 9.78 Å². The number of aromatic nitrogens is 2. The molecular formula is C15H14BrF4N3O. The maximum Gasteiger partial charge on any atom is 0.436 e. The zero-order chi connectivity index (χ0) is 18.2. The molecule has 0 saturated heterocycles. The SMILES string of the molecule is Cc1ccc(F)c(NC(=O)C(C)n2nc(C(F)(F)F)c(Br)c2C)c1. The molecule has 0 radical (unpaired) electrons. The summed E-state index contributed by atoms with van der Waals surface area (Å²) >= 11 is 2.85. The summed E-state index contributed by atoms with van der Waals surface area (Å²) in [5, 5.41) is 5.85. The van der Waals surface area contributed by atoms with Crippen LogP contribution >= 0.6 is 15.9 Å². The molecular weight excluding hydrogens is 394 g/mol. The molecule has 24 heavy (non-hydrogen) atoms. The summed E-state index contributed by atoms with van der Waals surface area (Å²) in [5.74, 6) is -1.30. The van der Waals surface area contributed by atoms with Gasteiger partial charge in [0.15, 0.2) is 5.69 Å². The first-order valence-electron chi connectivity index (χ1n) is 6.91. The van der Waals surface area contributed by atoms with Gasteiger partial charge in [0.2, 0.25) is 5.91 Å². The third-order valence-corrected chi connectivity index (χ3v) is 4.42. The van der Waals surface area contributed by atoms with Gasteiger partial charge >= 0.3 is 6.18 Å². The molecule has 1 heterocycles. The standard InChI is InChI=1S/C15H14BrF4N3O/c1-7-4-5-10(17)11(6-7)21-14(24)9(3)23-8(2)12(16)13(22-23)15(18,19)20/h4-6,9H,1-3H3,(H,21,24). The Bertz CT molecular complexity index is 786. The smallest absolute Gasteiger partial charge is 0.322 e. The number of alkyl halides is 3. The van der Waals surface area contributed by atoms with Crippen molar-refractivity contribution in [3.63, 3.8) is 0 Å². The molecule has 1 aromatic carbocycles. The Morgan fingerprint density at radius 3 is 2.50 bits per heavy atom. The van der Waals surface area contributed by atoms with Crippen LogP contribution in [0.4, 0.5) is 23.2 Å². The van der Waals surface area contributed by atoms with Gasteiger partial charge in [-0.05, 0) is 54.4 Å². The van der Waals surface area contributed by atoms with E-state index in [9.17, 15) is 22.4 Å². The first-order chi connectivity index (χ1) is 11.0. The molecule has 2 rings (SSSR count). The van der Waals surface area contributed by atoms with Gasteiger partial charge in [-0.2, -0.15) is 18.3 Å². The second-order valence-corrected chi connectivity index (χ2v) is 6.13. The second-order valence-electron chi connectivity index (χ2n) is 5.34. The van der Waals surface area contributed by atoms with Gasteiger partial charge in [-0.1, -0.05) is 6.07 Å². The molecule has 1 amide bonds. The minimum Gasteiger partial charge on any atom is -0.322 e. The third-order valence-electron chi connectivity index (χ3n) is 3.47. The molecule has 0 fully saturated rings. The summed E-state index contributed by atoms with van der Waals surface area (Å²) in [6, 6.07) is 3.12. The lowest BCUT2D eigenvalue weighted by Crippen LogP contribution is -2.26. The first kappa shape index (κ1) is 18.4. The highest BCUT2D eigenvalue weighted by Crippen LogP contribution is 2.36. The number of anilines is 1. The Kier molecular flexibility index (Phi) is 5.03. The molecule has 0 bridgehead atoms. The second kappa shape index (κ2) is 6.54. The lowest BCUT2D eigenvalue weighted by Gasteiger charge is -2.15. The van der Waals surface area contributed by atoms with Crippen molar-refractivity contribution in [3.05, 3.63) is 45.4 Å². The van der Waals surface area contributed by atoms with Gasteiger partial charge in [0.1, 0.15) is 11.9 Å². The summed E-state index contributed by atoms with van der Waals surface area (Å²) in [5.41, 5.74) is -0.264. The van der Waals surface area contributed by atoms with E-state index >= 15 is 0 Å². The summed E-state index contributed by atoms with van der Waals surface area (Å²) in [6.45, 7) is 4.52. The first-order valence-corrected chi connectivity index (χ1v) is 7.70. The molecule has 0 aliphatic carbocycles. The number of halogens is 5. The summed E-state index contributed by atoms with van der Waals surface area (Å²) < 4.78 is 53.1. The van der Waals surface area contributed by atoms with E-state index in [0.29, 0.717) is 0 Å². The molecule has 4 nitrogen and oxygen atoms in total. The lowest BCUT2D eigenvalue weighted by atomic mass is 10.2. The van der Waals surface area contributed by atoms with Crippen LogP contribution in [0.15, 0.2) is 22.7 Å². The number of carbonyl (C=O) groups excluding carboxylic acids is 1.